The van der Waals surface area contributed by atoms with Crippen LogP contribution in [-0.4, -0.2) is 105 Å². The lowest BCUT2D eigenvalue weighted by atomic mass is 10.1. The number of carbonyl (C=O) groups is 1. The molecule has 1 saturated heterocycles. The Labute approximate surface area is 222 Å². The van der Waals surface area contributed by atoms with Crippen LogP contribution >= 0.6 is 0 Å². The van der Waals surface area contributed by atoms with Gasteiger partial charge in [-0.3, -0.25) is 9.69 Å². The van der Waals surface area contributed by atoms with Gasteiger partial charge in [-0.05, 0) is 28.8 Å². The molecule has 1 atom stereocenters. The molecule has 10 nitrogen and oxygen atoms in total. The lowest BCUT2D eigenvalue weighted by Gasteiger charge is -2.40. The van der Waals surface area contributed by atoms with Crippen LogP contribution in [-0.2, 0) is 19.6 Å². The van der Waals surface area contributed by atoms with Gasteiger partial charge in [-0.2, -0.15) is 4.31 Å². The zero-order valence-corrected chi connectivity index (χ0v) is 21.8. The number of likely N-dealkylation sites (tertiary alicyclic amines) is 1. The van der Waals surface area contributed by atoms with E-state index in [4.69, 9.17) is 19.3 Å². The van der Waals surface area contributed by atoms with Gasteiger partial charge in [0.05, 0.1) is 17.6 Å². The molecular formula is C27H31N3O7S. The maximum Gasteiger partial charge on any atom is 0.256 e. The van der Waals surface area contributed by atoms with E-state index in [1.165, 1.54) is 10.4 Å². The van der Waals surface area contributed by atoms with Crippen molar-refractivity contribution in [1.82, 2.24) is 14.1 Å². The molecule has 0 radical (unpaired) electrons. The topological polar surface area (TPSA) is 109 Å². The highest BCUT2D eigenvalue weighted by Gasteiger charge is 2.41. The van der Waals surface area contributed by atoms with E-state index in [1.807, 2.05) is 30.3 Å². The highest BCUT2D eigenvalue weighted by Crippen LogP contribution is 2.36. The summed E-state index contributed by atoms with van der Waals surface area (Å²) in [6.07, 6.45) is -0.806. The van der Waals surface area contributed by atoms with Crippen molar-refractivity contribution in [3.8, 4) is 11.5 Å². The number of amides is 1. The minimum absolute atomic E-state index is 0.0789. The van der Waals surface area contributed by atoms with E-state index in [0.29, 0.717) is 57.4 Å². The number of ether oxygens (including phenoxy) is 3. The van der Waals surface area contributed by atoms with Gasteiger partial charge in [-0.15, -0.1) is 0 Å². The predicted molar refractivity (Wildman–Crippen MR) is 137 cm³/mol. The minimum Gasteiger partial charge on any atom is -0.486 e. The Morgan fingerprint density at radius 2 is 1.66 bits per heavy atom. The number of rotatable bonds is 8. The smallest absolute Gasteiger partial charge is 0.256 e. The van der Waals surface area contributed by atoms with Crippen molar-refractivity contribution >= 4 is 15.9 Å². The third-order valence-corrected chi connectivity index (χ3v) is 9.24. The summed E-state index contributed by atoms with van der Waals surface area (Å²) in [5, 5.41) is 9.14. The zero-order valence-electron chi connectivity index (χ0n) is 21.0. The monoisotopic (exact) mass is 541 g/mol. The summed E-state index contributed by atoms with van der Waals surface area (Å²) in [5.74, 6) is 0.865. The number of fused-ring (bicyclic) bond motifs is 1. The molecule has 2 aromatic carbocycles. The third kappa shape index (κ3) is 4.80. The van der Waals surface area contributed by atoms with Gasteiger partial charge >= 0.3 is 0 Å². The maximum atomic E-state index is 13.7. The fraction of sp³-hybridized carbons (Fsp3) is 0.444. The number of benzene rings is 2. The van der Waals surface area contributed by atoms with Crippen LogP contribution in [0, 0.1) is 0 Å². The van der Waals surface area contributed by atoms with Crippen LogP contribution in [0.4, 0.5) is 0 Å². The van der Waals surface area contributed by atoms with Crippen molar-refractivity contribution in [2.75, 3.05) is 65.6 Å². The summed E-state index contributed by atoms with van der Waals surface area (Å²) in [4.78, 5) is 17.7. The van der Waals surface area contributed by atoms with E-state index < -0.39 is 16.1 Å². The van der Waals surface area contributed by atoms with E-state index in [9.17, 15) is 13.2 Å². The first kappa shape index (κ1) is 25.3. The average molecular weight is 542 g/mol. The molecular weight excluding hydrogens is 510 g/mol. The van der Waals surface area contributed by atoms with E-state index in [-0.39, 0.29) is 36.6 Å². The van der Waals surface area contributed by atoms with E-state index in [2.05, 4.69) is 4.90 Å². The first-order valence-electron chi connectivity index (χ1n) is 12.8. The molecule has 1 amide bonds. The van der Waals surface area contributed by atoms with Crippen LogP contribution in [0.3, 0.4) is 0 Å². The van der Waals surface area contributed by atoms with Gasteiger partial charge in [0, 0.05) is 51.9 Å². The molecule has 0 aliphatic carbocycles. The largest absolute Gasteiger partial charge is 0.486 e. The number of hydrogen-bond donors (Lipinski definition) is 1. The van der Waals surface area contributed by atoms with E-state index >= 15 is 0 Å². The number of nitrogens with zero attached hydrogens (tertiary/aromatic N) is 3. The molecule has 4 aliphatic heterocycles. The Hall–Kier alpha value is -2.96. The first-order valence-corrected chi connectivity index (χ1v) is 14.3. The fourth-order valence-corrected chi connectivity index (χ4v) is 6.85. The lowest BCUT2D eigenvalue weighted by Crippen LogP contribution is -2.54. The summed E-state index contributed by atoms with van der Waals surface area (Å²) < 4.78 is 45.6. The summed E-state index contributed by atoms with van der Waals surface area (Å²) >= 11 is 0. The second-order valence-corrected chi connectivity index (χ2v) is 11.9. The molecule has 0 bridgehead atoms. The second kappa shape index (κ2) is 10.3. The quantitative estimate of drug-likeness (QED) is 0.494. The number of aliphatic hydroxyl groups is 1. The van der Waals surface area contributed by atoms with Crippen molar-refractivity contribution < 1.29 is 32.5 Å². The Kier molecular flexibility index (Phi) is 6.87. The van der Waals surface area contributed by atoms with Gasteiger partial charge in [0.2, 0.25) is 10.0 Å². The Bertz CT molecular complexity index is 1320. The standard InChI is InChI=1S/C27H31N3O7S/c31-9-8-28-17-22(18-28)37-26(19-4-2-1-3-5-19)27(32)29-13-20-15-30(16-21(20)14-29)38(33,34)23-6-7-24-25(12-23)36-11-10-35-24/h1-7,12,22,26,31H,8-11,13-18H2/t26-/m1/s1. The Balaban J connectivity index is 1.11. The molecule has 4 aliphatic rings. The van der Waals surface area contributed by atoms with E-state index in [0.717, 1.165) is 16.7 Å². The van der Waals surface area contributed by atoms with Crippen LogP contribution < -0.4 is 9.47 Å². The zero-order chi connectivity index (χ0) is 26.3. The molecule has 202 valence electrons. The second-order valence-electron chi connectivity index (χ2n) is 10.0. The average Bonchev–Trinajstić information content (AvgIpc) is 3.50. The first-order chi connectivity index (χ1) is 18.4. The SMILES string of the molecule is O=C([C@H](OC1CN(CCO)C1)c1ccccc1)N1CC2=C(C1)CN(S(=O)(=O)c1ccc3c(c1)OCCO3)C2. The molecule has 11 heteroatoms. The van der Waals surface area contributed by atoms with Crippen LogP contribution in [0.5, 0.6) is 11.5 Å². The van der Waals surface area contributed by atoms with Gasteiger partial charge in [-0.1, -0.05) is 30.3 Å². The Morgan fingerprint density at radius 3 is 2.34 bits per heavy atom. The van der Waals surface area contributed by atoms with Crippen LogP contribution in [0.1, 0.15) is 11.7 Å². The highest BCUT2D eigenvalue weighted by molar-refractivity contribution is 7.89. The minimum atomic E-state index is -3.73. The molecule has 0 spiro atoms. The van der Waals surface area contributed by atoms with Gasteiger partial charge in [-0.25, -0.2) is 8.42 Å². The van der Waals surface area contributed by atoms with Gasteiger partial charge in [0.25, 0.3) is 5.91 Å². The molecule has 1 fully saturated rings. The normalized spacial score (nSPS) is 20.9. The molecule has 0 saturated carbocycles. The molecule has 1 N–H and O–H groups in total. The van der Waals surface area contributed by atoms with Crippen molar-refractivity contribution in [2.24, 2.45) is 0 Å². The number of aliphatic hydroxyl groups excluding tert-OH is 1. The third-order valence-electron chi connectivity index (χ3n) is 7.46. The fourth-order valence-electron chi connectivity index (χ4n) is 5.40. The molecule has 38 heavy (non-hydrogen) atoms. The summed E-state index contributed by atoms with van der Waals surface area (Å²) in [7, 11) is -3.73. The van der Waals surface area contributed by atoms with Crippen LogP contribution in [0.15, 0.2) is 64.6 Å². The van der Waals surface area contributed by atoms with Crippen LogP contribution in [0.25, 0.3) is 0 Å². The lowest BCUT2D eigenvalue weighted by molar-refractivity contribution is -0.156. The van der Waals surface area contributed by atoms with Gasteiger partial charge in [0.15, 0.2) is 17.6 Å². The summed E-state index contributed by atoms with van der Waals surface area (Å²) in [6.45, 7) is 4.16. The molecule has 0 aromatic heterocycles. The Morgan fingerprint density at radius 1 is 0.974 bits per heavy atom. The molecule has 0 unspecified atom stereocenters. The molecule has 6 rings (SSSR count). The molecule has 4 heterocycles. The summed E-state index contributed by atoms with van der Waals surface area (Å²) in [6, 6.07) is 14.2. The molecule has 2 aromatic rings. The van der Waals surface area contributed by atoms with Crippen molar-refractivity contribution in [3.05, 3.63) is 65.2 Å². The number of sulfonamides is 1. The number of β-amino-alcohol motifs (C(OH)–C–C–N with tert-alkyl or cyclic N) is 1. The van der Waals surface area contributed by atoms with Crippen molar-refractivity contribution in [1.29, 1.82) is 0 Å². The number of carbonyl (C=O) groups excluding carboxylic acids is 1. The number of hydrogen-bond acceptors (Lipinski definition) is 8. The highest BCUT2D eigenvalue weighted by atomic mass is 32.2. The maximum absolute atomic E-state index is 13.7. The van der Waals surface area contributed by atoms with Crippen molar-refractivity contribution in [3.63, 3.8) is 0 Å². The van der Waals surface area contributed by atoms with Gasteiger partial charge < -0.3 is 24.2 Å². The van der Waals surface area contributed by atoms with E-state index in [1.54, 1.807) is 17.0 Å². The predicted octanol–water partition coefficient (Wildman–Crippen LogP) is 1.04. The van der Waals surface area contributed by atoms with Gasteiger partial charge in [0.1, 0.15) is 13.2 Å². The van der Waals surface area contributed by atoms with Crippen LogP contribution in [0.2, 0.25) is 0 Å². The van der Waals surface area contributed by atoms with Crippen molar-refractivity contribution in [2.45, 2.75) is 17.1 Å². The summed E-state index contributed by atoms with van der Waals surface area (Å²) in [5.41, 5.74) is 2.72.